The number of hydrogen-bond acceptors (Lipinski definition) is 0. The zero-order valence-electron chi connectivity index (χ0n) is 5.85. The van der Waals surface area contributed by atoms with Crippen molar-refractivity contribution in [3.63, 3.8) is 0 Å². The van der Waals surface area contributed by atoms with E-state index in [4.69, 9.17) is 0 Å². The minimum Gasteiger partial charge on any atom is -0.243 e. The van der Waals surface area contributed by atoms with Gasteiger partial charge < -0.3 is 0 Å². The minimum absolute atomic E-state index is 0.461. The maximum atomic E-state index is 12.2. The molecule has 0 nitrogen and oxygen atoms in total. The van der Waals surface area contributed by atoms with Crippen LogP contribution in [-0.2, 0) is 0 Å². The Kier molecular flexibility index (Phi) is 4.46. The van der Waals surface area contributed by atoms with Crippen molar-refractivity contribution in [2.75, 3.05) is 0 Å². The average molecular weight is 144 g/mol. The third-order valence-electron chi connectivity index (χ3n) is 0.827. The molecule has 0 N–H and O–H groups in total. The first kappa shape index (κ1) is 9.08. The van der Waals surface area contributed by atoms with Crippen LogP contribution in [0.5, 0.6) is 0 Å². The highest BCUT2D eigenvalue weighted by atomic mass is 19.1. The Hall–Kier alpha value is -0.920. The van der Waals surface area contributed by atoms with Crippen LogP contribution in [0.3, 0.4) is 0 Å². The molecule has 0 bridgehead atoms. The smallest absolute Gasteiger partial charge is 0.122 e. The molecule has 1 atom stereocenters. The van der Waals surface area contributed by atoms with Crippen LogP contribution < -0.4 is 0 Å². The van der Waals surface area contributed by atoms with Crippen LogP contribution in [0.4, 0.5) is 8.78 Å². The van der Waals surface area contributed by atoms with E-state index in [-0.39, 0.29) is 0 Å². The summed E-state index contributed by atoms with van der Waals surface area (Å²) in [6.45, 7) is 4.56. The van der Waals surface area contributed by atoms with E-state index in [0.717, 1.165) is 12.2 Å². The molecule has 56 valence electrons. The summed E-state index contributed by atoms with van der Waals surface area (Å²) in [6.07, 6.45) is 3.76. The van der Waals surface area contributed by atoms with Gasteiger partial charge in [-0.2, -0.15) is 0 Å². The predicted octanol–water partition coefficient (Wildman–Crippen LogP) is 2.94. The largest absolute Gasteiger partial charge is 0.243 e. The average Bonchev–Trinajstić information content (AvgIpc) is 1.87. The van der Waals surface area contributed by atoms with E-state index in [9.17, 15) is 8.78 Å². The lowest BCUT2D eigenvalue weighted by molar-refractivity contribution is 0.430. The van der Waals surface area contributed by atoms with Gasteiger partial charge in [-0.15, -0.1) is 0 Å². The van der Waals surface area contributed by atoms with Crippen molar-refractivity contribution in [3.05, 3.63) is 36.7 Å². The van der Waals surface area contributed by atoms with Gasteiger partial charge in [-0.25, -0.2) is 8.78 Å². The third kappa shape index (κ3) is 5.22. The molecule has 0 aliphatic heterocycles. The van der Waals surface area contributed by atoms with E-state index in [2.05, 4.69) is 6.58 Å². The van der Waals surface area contributed by atoms with E-state index >= 15 is 0 Å². The van der Waals surface area contributed by atoms with Crippen LogP contribution in [0.2, 0.25) is 0 Å². The molecule has 0 spiro atoms. The van der Waals surface area contributed by atoms with Crippen molar-refractivity contribution in [1.29, 1.82) is 0 Å². The fourth-order valence-corrected chi connectivity index (χ4v) is 0.369. The number of rotatable bonds is 3. The van der Waals surface area contributed by atoms with Crippen molar-refractivity contribution in [3.8, 4) is 0 Å². The van der Waals surface area contributed by atoms with Crippen LogP contribution in [0.25, 0.3) is 0 Å². The Balaban J connectivity index is 3.81. The van der Waals surface area contributed by atoms with Gasteiger partial charge in [-0.3, -0.25) is 0 Å². The molecular formula is C8H10F2. The SMILES string of the molecule is C=C/C(F)=C\C=C/[C@H](C)F. The monoisotopic (exact) mass is 144 g/mol. The van der Waals surface area contributed by atoms with Crippen LogP contribution >= 0.6 is 0 Å². The molecule has 0 aromatic rings. The molecule has 10 heavy (non-hydrogen) atoms. The fraction of sp³-hybridized carbons (Fsp3) is 0.250. The Morgan fingerprint density at radius 1 is 1.60 bits per heavy atom. The summed E-state index contributed by atoms with van der Waals surface area (Å²) in [5.41, 5.74) is 0. The minimum atomic E-state index is -1.03. The summed E-state index contributed by atoms with van der Waals surface area (Å²) < 4.78 is 24.1. The molecule has 0 aliphatic carbocycles. The number of alkyl halides is 1. The zero-order chi connectivity index (χ0) is 7.98. The Morgan fingerprint density at radius 3 is 2.60 bits per heavy atom. The molecule has 0 heterocycles. The second-order valence-electron chi connectivity index (χ2n) is 1.82. The van der Waals surface area contributed by atoms with Gasteiger partial charge in [0.15, 0.2) is 0 Å². The molecule has 0 aromatic carbocycles. The van der Waals surface area contributed by atoms with Gasteiger partial charge in [0.25, 0.3) is 0 Å². The molecule has 0 amide bonds. The van der Waals surface area contributed by atoms with Gasteiger partial charge in [0.1, 0.15) is 12.0 Å². The van der Waals surface area contributed by atoms with Crippen LogP contribution in [0.1, 0.15) is 6.92 Å². The molecule has 0 unspecified atom stereocenters. The Bertz CT molecular complexity index is 155. The fourth-order valence-electron chi connectivity index (χ4n) is 0.369. The summed E-state index contributed by atoms with van der Waals surface area (Å²) in [7, 11) is 0. The van der Waals surface area contributed by atoms with E-state index in [1.54, 1.807) is 0 Å². The van der Waals surface area contributed by atoms with Crippen LogP contribution in [-0.4, -0.2) is 6.17 Å². The molecule has 0 radical (unpaired) electrons. The van der Waals surface area contributed by atoms with E-state index < -0.39 is 12.0 Å². The van der Waals surface area contributed by atoms with Crippen molar-refractivity contribution in [2.45, 2.75) is 13.1 Å². The standard InChI is InChI=1S/C8H10F2/c1-3-8(10)6-4-5-7(2)9/h3-7H,1H2,2H3/b5-4-,8-6+/t7-/m0/s1. The predicted molar refractivity (Wildman–Crippen MR) is 39.1 cm³/mol. The summed E-state index contributed by atoms with van der Waals surface area (Å²) >= 11 is 0. The van der Waals surface area contributed by atoms with Crippen LogP contribution in [0.15, 0.2) is 36.7 Å². The van der Waals surface area contributed by atoms with Gasteiger partial charge in [0.2, 0.25) is 0 Å². The number of hydrogen-bond donors (Lipinski definition) is 0. The Morgan fingerprint density at radius 2 is 2.20 bits per heavy atom. The first-order valence-corrected chi connectivity index (χ1v) is 2.97. The molecular weight excluding hydrogens is 134 g/mol. The molecule has 0 saturated carbocycles. The first-order valence-electron chi connectivity index (χ1n) is 2.97. The Labute approximate surface area is 59.6 Å². The quantitative estimate of drug-likeness (QED) is 0.534. The van der Waals surface area contributed by atoms with Gasteiger partial charge >= 0.3 is 0 Å². The highest BCUT2D eigenvalue weighted by Crippen LogP contribution is 1.97. The molecule has 0 rings (SSSR count). The first-order chi connectivity index (χ1) is 4.66. The lowest BCUT2D eigenvalue weighted by Gasteiger charge is -1.85. The van der Waals surface area contributed by atoms with Crippen molar-refractivity contribution in [1.82, 2.24) is 0 Å². The molecule has 0 aromatic heterocycles. The summed E-state index contributed by atoms with van der Waals surface area (Å²) in [6, 6.07) is 0. The topological polar surface area (TPSA) is 0 Å². The molecule has 0 aliphatic rings. The van der Waals surface area contributed by atoms with E-state index in [1.807, 2.05) is 0 Å². The van der Waals surface area contributed by atoms with Crippen molar-refractivity contribution < 1.29 is 8.78 Å². The van der Waals surface area contributed by atoms with Gasteiger partial charge in [0, 0.05) is 0 Å². The second-order valence-corrected chi connectivity index (χ2v) is 1.82. The highest BCUT2D eigenvalue weighted by molar-refractivity contribution is 5.15. The highest BCUT2D eigenvalue weighted by Gasteiger charge is 1.85. The summed E-state index contributed by atoms with van der Waals surface area (Å²) in [4.78, 5) is 0. The number of allylic oxidation sites excluding steroid dienone is 5. The van der Waals surface area contributed by atoms with Gasteiger partial charge in [0.05, 0.1) is 0 Å². The lowest BCUT2D eigenvalue weighted by atomic mass is 10.3. The second kappa shape index (κ2) is 4.91. The summed E-state index contributed by atoms with van der Waals surface area (Å²) in [5, 5.41) is 0. The van der Waals surface area contributed by atoms with Gasteiger partial charge in [-0.1, -0.05) is 18.7 Å². The van der Waals surface area contributed by atoms with Crippen molar-refractivity contribution >= 4 is 0 Å². The normalized spacial score (nSPS) is 15.7. The maximum absolute atomic E-state index is 12.2. The molecule has 0 fully saturated rings. The molecule has 2 heteroatoms. The maximum Gasteiger partial charge on any atom is 0.122 e. The third-order valence-corrected chi connectivity index (χ3v) is 0.827. The lowest BCUT2D eigenvalue weighted by Crippen LogP contribution is -1.81. The van der Waals surface area contributed by atoms with Crippen LogP contribution in [0, 0.1) is 0 Å². The number of halogens is 2. The van der Waals surface area contributed by atoms with E-state index in [0.29, 0.717) is 0 Å². The summed E-state index contributed by atoms with van der Waals surface area (Å²) in [5.74, 6) is -0.461. The van der Waals surface area contributed by atoms with E-state index in [1.165, 1.54) is 19.1 Å². The van der Waals surface area contributed by atoms with Gasteiger partial charge in [-0.05, 0) is 19.1 Å². The zero-order valence-corrected chi connectivity index (χ0v) is 5.85. The van der Waals surface area contributed by atoms with Crippen molar-refractivity contribution in [2.24, 2.45) is 0 Å². The molecule has 0 saturated heterocycles.